The molecule has 466 valence electrons. The van der Waals surface area contributed by atoms with Crippen LogP contribution in [0.4, 0.5) is 0 Å². The van der Waals surface area contributed by atoms with Gasteiger partial charge in [0.15, 0.2) is 0 Å². The second kappa shape index (κ2) is 68.6. The van der Waals surface area contributed by atoms with E-state index >= 15 is 0 Å². The molecule has 0 aromatic rings. The van der Waals surface area contributed by atoms with Crippen molar-refractivity contribution in [3.05, 3.63) is 36.5 Å². The topological polar surface area (TPSA) is 95.9 Å². The molecule has 6 nitrogen and oxygen atoms in total. The van der Waals surface area contributed by atoms with Crippen LogP contribution in [0.1, 0.15) is 393 Å². The summed E-state index contributed by atoms with van der Waals surface area (Å²) in [5, 5.41) is 23.2. The van der Waals surface area contributed by atoms with Crippen LogP contribution in [-0.2, 0) is 14.3 Å². The summed E-state index contributed by atoms with van der Waals surface area (Å²) in [5.74, 6) is -0.0534. The monoisotopic (exact) mass is 1110 g/mol. The van der Waals surface area contributed by atoms with E-state index in [4.69, 9.17) is 4.74 Å². The zero-order valence-electron chi connectivity index (χ0n) is 53.4. The van der Waals surface area contributed by atoms with Crippen molar-refractivity contribution in [2.24, 2.45) is 0 Å². The van der Waals surface area contributed by atoms with Crippen molar-refractivity contribution < 1.29 is 24.5 Å². The Kier molecular flexibility index (Phi) is 66.9. The molecule has 2 atom stereocenters. The number of hydrogen-bond donors (Lipinski definition) is 3. The summed E-state index contributed by atoms with van der Waals surface area (Å²) in [6, 6.07) is -0.631. The van der Waals surface area contributed by atoms with Crippen LogP contribution in [0.15, 0.2) is 36.5 Å². The van der Waals surface area contributed by atoms with Crippen LogP contribution in [0.5, 0.6) is 0 Å². The Morgan fingerprint density at radius 2 is 0.633 bits per heavy atom. The van der Waals surface area contributed by atoms with Crippen molar-refractivity contribution in [2.75, 3.05) is 13.2 Å². The van der Waals surface area contributed by atoms with Crippen LogP contribution < -0.4 is 5.32 Å². The number of carbonyl (C=O) groups excluding carboxylic acids is 2. The number of ether oxygens (including phenoxy) is 1. The summed E-state index contributed by atoms with van der Waals surface area (Å²) in [7, 11) is 0. The smallest absolute Gasteiger partial charge is 0.305 e. The third kappa shape index (κ3) is 65.1. The Morgan fingerprint density at radius 1 is 0.354 bits per heavy atom. The maximum Gasteiger partial charge on any atom is 0.305 e. The number of carbonyl (C=O) groups is 2. The SMILES string of the molecule is CCCCCCCCCCCCCCCCC/C=C/C(O)C(CO)NC(=O)CCCCCCCCCCCCC/C=C\C/C=C\CCCCCCCCCCCOC(=O)CCCCCCCCCCCCCCCCCCCC. The van der Waals surface area contributed by atoms with Gasteiger partial charge in [0.2, 0.25) is 5.91 Å². The summed E-state index contributed by atoms with van der Waals surface area (Å²) in [5.41, 5.74) is 0. The van der Waals surface area contributed by atoms with Crippen LogP contribution in [0, 0.1) is 0 Å². The number of aliphatic hydroxyl groups is 2. The summed E-state index contributed by atoms with van der Waals surface area (Å²) in [4.78, 5) is 24.6. The number of allylic oxidation sites excluding steroid dienone is 5. The van der Waals surface area contributed by atoms with Gasteiger partial charge in [-0.3, -0.25) is 9.59 Å². The Morgan fingerprint density at radius 3 is 0.962 bits per heavy atom. The Labute approximate surface area is 494 Å². The predicted molar refractivity (Wildman–Crippen MR) is 347 cm³/mol. The number of hydrogen-bond acceptors (Lipinski definition) is 5. The van der Waals surface area contributed by atoms with Gasteiger partial charge in [0.25, 0.3) is 0 Å². The van der Waals surface area contributed by atoms with Gasteiger partial charge in [-0.05, 0) is 64.2 Å². The lowest BCUT2D eigenvalue weighted by atomic mass is 10.0. The first-order valence-electron chi connectivity index (χ1n) is 35.8. The normalized spacial score (nSPS) is 12.7. The van der Waals surface area contributed by atoms with E-state index in [9.17, 15) is 19.8 Å². The molecule has 0 heterocycles. The molecule has 0 bridgehead atoms. The Bertz CT molecular complexity index is 1280. The maximum absolute atomic E-state index is 12.5. The first kappa shape index (κ1) is 77.1. The van der Waals surface area contributed by atoms with E-state index in [0.717, 1.165) is 44.9 Å². The number of esters is 1. The molecule has 0 aliphatic heterocycles. The number of unbranched alkanes of at least 4 members (excludes halogenated alkanes) is 52. The minimum absolute atomic E-state index is 0.0152. The zero-order chi connectivity index (χ0) is 57.1. The lowest BCUT2D eigenvalue weighted by molar-refractivity contribution is -0.143. The first-order chi connectivity index (χ1) is 39.0. The van der Waals surface area contributed by atoms with Gasteiger partial charge >= 0.3 is 5.97 Å². The fourth-order valence-electron chi connectivity index (χ4n) is 11.2. The lowest BCUT2D eigenvalue weighted by Crippen LogP contribution is -2.45. The summed E-state index contributed by atoms with van der Waals surface area (Å²) >= 11 is 0. The van der Waals surface area contributed by atoms with Gasteiger partial charge in [-0.2, -0.15) is 0 Å². The molecule has 79 heavy (non-hydrogen) atoms. The molecular formula is C73H139NO5. The summed E-state index contributed by atoms with van der Waals surface area (Å²) in [6.07, 6.45) is 87.9. The van der Waals surface area contributed by atoms with Crippen molar-refractivity contribution in [3.8, 4) is 0 Å². The Hall–Kier alpha value is -1.92. The van der Waals surface area contributed by atoms with Gasteiger partial charge in [-0.1, -0.05) is 352 Å². The second-order valence-electron chi connectivity index (χ2n) is 24.6. The van der Waals surface area contributed by atoms with E-state index in [0.29, 0.717) is 19.4 Å². The molecule has 0 aliphatic carbocycles. The van der Waals surface area contributed by atoms with Gasteiger partial charge in [0, 0.05) is 12.8 Å². The highest BCUT2D eigenvalue weighted by atomic mass is 16.5. The van der Waals surface area contributed by atoms with Crippen LogP contribution in [-0.4, -0.2) is 47.4 Å². The Balaban J connectivity index is 3.42. The molecular weight excluding hydrogens is 971 g/mol. The van der Waals surface area contributed by atoms with Crippen molar-refractivity contribution in [2.45, 2.75) is 405 Å². The van der Waals surface area contributed by atoms with Crippen molar-refractivity contribution in [1.29, 1.82) is 0 Å². The minimum Gasteiger partial charge on any atom is -0.466 e. The average molecular weight is 1110 g/mol. The summed E-state index contributed by atoms with van der Waals surface area (Å²) < 4.78 is 5.51. The molecule has 0 aliphatic rings. The van der Waals surface area contributed by atoms with Gasteiger partial charge in [0.05, 0.1) is 25.4 Å². The molecule has 1 amide bonds. The van der Waals surface area contributed by atoms with E-state index < -0.39 is 12.1 Å². The van der Waals surface area contributed by atoms with Gasteiger partial charge in [-0.15, -0.1) is 0 Å². The van der Waals surface area contributed by atoms with E-state index in [1.54, 1.807) is 6.08 Å². The van der Waals surface area contributed by atoms with Crippen LogP contribution in [0.2, 0.25) is 0 Å². The maximum atomic E-state index is 12.5. The van der Waals surface area contributed by atoms with E-state index in [1.807, 2.05) is 6.08 Å². The number of amides is 1. The minimum atomic E-state index is -0.847. The first-order valence-corrected chi connectivity index (χ1v) is 35.8. The molecule has 3 N–H and O–H groups in total. The van der Waals surface area contributed by atoms with Gasteiger partial charge in [-0.25, -0.2) is 0 Å². The third-order valence-corrected chi connectivity index (χ3v) is 16.7. The molecule has 0 aromatic heterocycles. The fraction of sp³-hybridized carbons (Fsp3) is 0.890. The fourth-order valence-corrected chi connectivity index (χ4v) is 11.2. The van der Waals surface area contributed by atoms with Crippen LogP contribution >= 0.6 is 0 Å². The molecule has 0 spiro atoms. The average Bonchev–Trinajstić information content (AvgIpc) is 3.45. The predicted octanol–water partition coefficient (Wildman–Crippen LogP) is 23.1. The van der Waals surface area contributed by atoms with Crippen molar-refractivity contribution >= 4 is 11.9 Å². The lowest BCUT2D eigenvalue weighted by Gasteiger charge is -2.20. The standard InChI is InChI=1S/C73H139NO5/c1-3-5-7-9-11-13-15-17-19-21-35-39-43-47-51-55-59-63-67-73(78)79-68-64-60-56-52-48-44-40-36-32-30-28-26-24-22-23-25-27-29-31-34-38-42-46-50-54-58-62-66-72(77)74-70(69-75)71(76)65-61-57-53-49-45-41-37-33-20-18-16-14-12-10-8-6-4-2/h22-23,26,28,61,65,70-71,75-76H,3-21,24-25,27,29-60,62-64,66-69H2,1-2H3,(H,74,77)/b23-22-,28-26-,65-61+. The van der Waals surface area contributed by atoms with Crippen LogP contribution in [0.25, 0.3) is 0 Å². The molecule has 0 saturated heterocycles. The molecule has 0 radical (unpaired) electrons. The molecule has 0 saturated carbocycles. The van der Waals surface area contributed by atoms with Crippen molar-refractivity contribution in [3.63, 3.8) is 0 Å². The molecule has 2 unspecified atom stereocenters. The molecule has 0 rings (SSSR count). The van der Waals surface area contributed by atoms with E-state index in [2.05, 4.69) is 43.5 Å². The quantitative estimate of drug-likeness (QED) is 0.0320. The highest BCUT2D eigenvalue weighted by molar-refractivity contribution is 5.76. The number of rotatable bonds is 67. The van der Waals surface area contributed by atoms with E-state index in [-0.39, 0.29) is 18.5 Å². The highest BCUT2D eigenvalue weighted by Gasteiger charge is 2.18. The third-order valence-electron chi connectivity index (χ3n) is 16.7. The largest absolute Gasteiger partial charge is 0.466 e. The van der Waals surface area contributed by atoms with Crippen molar-refractivity contribution in [1.82, 2.24) is 5.32 Å². The molecule has 0 aromatic carbocycles. The second-order valence-corrected chi connectivity index (χ2v) is 24.6. The molecule has 0 fully saturated rings. The number of aliphatic hydroxyl groups excluding tert-OH is 2. The summed E-state index contributed by atoms with van der Waals surface area (Å²) in [6.45, 7) is 4.94. The number of nitrogens with one attached hydrogen (secondary N) is 1. The van der Waals surface area contributed by atoms with E-state index in [1.165, 1.54) is 321 Å². The zero-order valence-corrected chi connectivity index (χ0v) is 53.4. The van der Waals surface area contributed by atoms with Crippen LogP contribution in [0.3, 0.4) is 0 Å². The highest BCUT2D eigenvalue weighted by Crippen LogP contribution is 2.18. The van der Waals surface area contributed by atoms with Gasteiger partial charge < -0.3 is 20.3 Å². The molecule has 6 heteroatoms. The van der Waals surface area contributed by atoms with Gasteiger partial charge in [0.1, 0.15) is 0 Å².